The van der Waals surface area contributed by atoms with Crippen LogP contribution in [-0.2, 0) is 11.2 Å². The van der Waals surface area contributed by atoms with Crippen LogP contribution >= 0.6 is 0 Å². The van der Waals surface area contributed by atoms with E-state index in [0.29, 0.717) is 6.42 Å². The minimum absolute atomic E-state index is 0.134. The summed E-state index contributed by atoms with van der Waals surface area (Å²) < 4.78 is 0. The smallest absolute Gasteiger partial charge is 0.155 e. The number of aromatic amines is 1. The zero-order valence-electron chi connectivity index (χ0n) is 10.5. The van der Waals surface area contributed by atoms with Crippen LogP contribution in [0.25, 0.3) is 0 Å². The Hall–Kier alpha value is -1.16. The number of hydrogen-bond acceptors (Lipinski definition) is 3. The van der Waals surface area contributed by atoms with E-state index in [9.17, 15) is 4.79 Å². The number of hydrogen-bond donors (Lipinski definition) is 2. The van der Waals surface area contributed by atoms with E-state index < -0.39 is 0 Å². The third-order valence-corrected chi connectivity index (χ3v) is 2.49. The van der Waals surface area contributed by atoms with Crippen LogP contribution < -0.4 is 5.32 Å². The topological polar surface area (TPSA) is 57.8 Å². The minimum atomic E-state index is -0.313. The van der Waals surface area contributed by atoms with Crippen molar-refractivity contribution in [2.75, 3.05) is 6.54 Å². The Balaban J connectivity index is 2.71. The summed E-state index contributed by atoms with van der Waals surface area (Å²) in [5, 5.41) is 3.23. The van der Waals surface area contributed by atoms with Gasteiger partial charge in [0, 0.05) is 23.7 Å². The molecule has 0 fully saturated rings. The first-order chi connectivity index (χ1) is 7.45. The number of Topliss-reactive ketones (excluding diaryl/α,β-unsaturated/α-hetero) is 1. The summed E-state index contributed by atoms with van der Waals surface area (Å²) in [6, 6.07) is -0.134. The van der Waals surface area contributed by atoms with Crippen molar-refractivity contribution >= 4 is 5.78 Å². The Labute approximate surface area is 96.9 Å². The average Bonchev–Trinajstić information content (AvgIpc) is 2.67. The first kappa shape index (κ1) is 12.9. The predicted octanol–water partition coefficient (Wildman–Crippen LogP) is 1.55. The Bertz CT molecular complexity index is 325. The molecule has 1 heterocycles. The first-order valence-corrected chi connectivity index (χ1v) is 5.70. The van der Waals surface area contributed by atoms with Gasteiger partial charge >= 0.3 is 0 Å². The van der Waals surface area contributed by atoms with Gasteiger partial charge in [0.2, 0.25) is 0 Å². The molecule has 0 amide bonds. The van der Waals surface area contributed by atoms with Crippen molar-refractivity contribution in [3.63, 3.8) is 0 Å². The number of carbonyl (C=O) groups is 1. The standard InChI is InChI=1S/C12H21N3O/c1-5-14-10(11(16)12(2,3)4)6-9-7-13-8-15-9/h7-8,10,14H,5-6H2,1-4H3,(H,13,15)/t10-/m1/s1. The number of aromatic nitrogens is 2. The number of rotatable bonds is 5. The number of likely N-dealkylation sites (N-methyl/N-ethyl adjacent to an activating group) is 1. The summed E-state index contributed by atoms with van der Waals surface area (Å²) in [5.41, 5.74) is 0.677. The SMILES string of the molecule is CCN[C@H](Cc1cnc[nH]1)C(=O)C(C)(C)C. The summed E-state index contributed by atoms with van der Waals surface area (Å²) in [7, 11) is 0. The molecule has 90 valence electrons. The lowest BCUT2D eigenvalue weighted by Gasteiger charge is -2.24. The molecule has 0 aromatic carbocycles. The molecule has 1 aromatic heterocycles. The van der Waals surface area contributed by atoms with Gasteiger partial charge in [-0.05, 0) is 6.54 Å². The van der Waals surface area contributed by atoms with Crippen molar-refractivity contribution in [1.82, 2.24) is 15.3 Å². The number of ketones is 1. The molecule has 4 nitrogen and oxygen atoms in total. The van der Waals surface area contributed by atoms with Gasteiger partial charge in [0.25, 0.3) is 0 Å². The molecule has 0 saturated heterocycles. The van der Waals surface area contributed by atoms with E-state index in [1.165, 1.54) is 0 Å². The third-order valence-electron chi connectivity index (χ3n) is 2.49. The summed E-state index contributed by atoms with van der Waals surface area (Å²) in [5.74, 6) is 0.240. The van der Waals surface area contributed by atoms with E-state index in [4.69, 9.17) is 0 Å². The molecular formula is C12H21N3O. The number of carbonyl (C=O) groups excluding carboxylic acids is 1. The van der Waals surface area contributed by atoms with Crippen molar-refractivity contribution in [3.05, 3.63) is 18.2 Å². The molecule has 0 saturated carbocycles. The summed E-state index contributed by atoms with van der Waals surface area (Å²) in [6.07, 6.45) is 4.07. The number of imidazole rings is 1. The second-order valence-corrected chi connectivity index (χ2v) is 5.01. The van der Waals surface area contributed by atoms with Gasteiger partial charge in [-0.2, -0.15) is 0 Å². The lowest BCUT2D eigenvalue weighted by Crippen LogP contribution is -2.44. The van der Waals surface area contributed by atoms with Crippen molar-refractivity contribution in [3.8, 4) is 0 Å². The van der Waals surface area contributed by atoms with Gasteiger partial charge < -0.3 is 10.3 Å². The molecular weight excluding hydrogens is 202 g/mol. The predicted molar refractivity (Wildman–Crippen MR) is 64.2 cm³/mol. The molecule has 0 bridgehead atoms. The molecule has 1 aromatic rings. The first-order valence-electron chi connectivity index (χ1n) is 5.70. The number of H-pyrrole nitrogens is 1. The zero-order chi connectivity index (χ0) is 12.2. The fourth-order valence-corrected chi connectivity index (χ4v) is 1.64. The van der Waals surface area contributed by atoms with Crippen molar-refractivity contribution in [1.29, 1.82) is 0 Å². The van der Waals surface area contributed by atoms with Gasteiger partial charge in [-0.25, -0.2) is 4.98 Å². The zero-order valence-corrected chi connectivity index (χ0v) is 10.5. The van der Waals surface area contributed by atoms with E-state index in [0.717, 1.165) is 12.2 Å². The molecule has 16 heavy (non-hydrogen) atoms. The molecule has 0 radical (unpaired) electrons. The van der Waals surface area contributed by atoms with Crippen LogP contribution in [0.2, 0.25) is 0 Å². The molecule has 1 atom stereocenters. The molecule has 4 heteroatoms. The molecule has 0 unspecified atom stereocenters. The highest BCUT2D eigenvalue weighted by molar-refractivity contribution is 5.88. The van der Waals surface area contributed by atoms with Crippen LogP contribution in [0.15, 0.2) is 12.5 Å². The Morgan fingerprint density at radius 1 is 1.56 bits per heavy atom. The van der Waals surface area contributed by atoms with Gasteiger partial charge in [0.15, 0.2) is 5.78 Å². The van der Waals surface area contributed by atoms with Crippen LogP contribution in [0.5, 0.6) is 0 Å². The van der Waals surface area contributed by atoms with E-state index in [-0.39, 0.29) is 17.2 Å². The molecule has 2 N–H and O–H groups in total. The van der Waals surface area contributed by atoms with Crippen molar-refractivity contribution in [2.45, 2.75) is 40.2 Å². The maximum Gasteiger partial charge on any atom is 0.155 e. The normalized spacial score (nSPS) is 13.8. The highest BCUT2D eigenvalue weighted by Gasteiger charge is 2.29. The monoisotopic (exact) mass is 223 g/mol. The van der Waals surface area contributed by atoms with Gasteiger partial charge in [-0.1, -0.05) is 27.7 Å². The fraction of sp³-hybridized carbons (Fsp3) is 0.667. The third kappa shape index (κ3) is 3.45. The van der Waals surface area contributed by atoms with Gasteiger partial charge in [0.05, 0.1) is 12.4 Å². The van der Waals surface area contributed by atoms with Crippen molar-refractivity contribution in [2.24, 2.45) is 5.41 Å². The second-order valence-electron chi connectivity index (χ2n) is 5.01. The van der Waals surface area contributed by atoms with Crippen molar-refractivity contribution < 1.29 is 4.79 Å². The van der Waals surface area contributed by atoms with E-state index in [1.54, 1.807) is 12.5 Å². The Kier molecular flexibility index (Phi) is 4.24. The van der Waals surface area contributed by atoms with E-state index in [2.05, 4.69) is 15.3 Å². The Morgan fingerprint density at radius 3 is 2.69 bits per heavy atom. The van der Waals surface area contributed by atoms with Crippen LogP contribution in [0.4, 0.5) is 0 Å². The number of nitrogens with one attached hydrogen (secondary N) is 2. The molecule has 0 spiro atoms. The van der Waals surface area contributed by atoms with Crippen LogP contribution in [-0.4, -0.2) is 28.3 Å². The van der Waals surface area contributed by atoms with Gasteiger partial charge in [0.1, 0.15) is 0 Å². The van der Waals surface area contributed by atoms with Gasteiger partial charge in [-0.3, -0.25) is 4.79 Å². The maximum absolute atomic E-state index is 12.2. The van der Waals surface area contributed by atoms with Crippen LogP contribution in [0.1, 0.15) is 33.4 Å². The minimum Gasteiger partial charge on any atom is -0.348 e. The fourth-order valence-electron chi connectivity index (χ4n) is 1.64. The summed E-state index contributed by atoms with van der Waals surface area (Å²) >= 11 is 0. The number of nitrogens with zero attached hydrogens (tertiary/aromatic N) is 1. The lowest BCUT2D eigenvalue weighted by molar-refractivity contribution is -0.128. The highest BCUT2D eigenvalue weighted by Crippen LogP contribution is 2.18. The average molecular weight is 223 g/mol. The molecule has 0 aliphatic rings. The molecule has 1 rings (SSSR count). The van der Waals surface area contributed by atoms with Crippen LogP contribution in [0, 0.1) is 5.41 Å². The summed E-state index contributed by atoms with van der Waals surface area (Å²) in [4.78, 5) is 19.2. The highest BCUT2D eigenvalue weighted by atomic mass is 16.1. The van der Waals surface area contributed by atoms with E-state index >= 15 is 0 Å². The molecule has 0 aliphatic heterocycles. The van der Waals surface area contributed by atoms with Crippen LogP contribution in [0.3, 0.4) is 0 Å². The summed E-state index contributed by atoms with van der Waals surface area (Å²) in [6.45, 7) is 8.66. The lowest BCUT2D eigenvalue weighted by atomic mass is 9.85. The largest absolute Gasteiger partial charge is 0.348 e. The molecule has 0 aliphatic carbocycles. The maximum atomic E-state index is 12.2. The quantitative estimate of drug-likeness (QED) is 0.796. The second kappa shape index (κ2) is 5.25. The Morgan fingerprint density at radius 2 is 2.25 bits per heavy atom. The van der Waals surface area contributed by atoms with E-state index in [1.807, 2.05) is 27.7 Å². The van der Waals surface area contributed by atoms with Gasteiger partial charge in [-0.15, -0.1) is 0 Å².